The molecular formula is C15H20ClN3O. The number of halogens is 1. The van der Waals surface area contributed by atoms with E-state index in [1.165, 1.54) is 19.3 Å². The van der Waals surface area contributed by atoms with Gasteiger partial charge in [-0.3, -0.25) is 4.79 Å². The number of carbonyl (C=O) groups excluding carboxylic acids is 1. The van der Waals surface area contributed by atoms with Crippen molar-refractivity contribution in [1.29, 1.82) is 0 Å². The van der Waals surface area contributed by atoms with E-state index in [1.807, 2.05) is 12.1 Å². The lowest BCUT2D eigenvalue weighted by Gasteiger charge is -2.23. The Morgan fingerprint density at radius 3 is 2.70 bits per heavy atom. The summed E-state index contributed by atoms with van der Waals surface area (Å²) < 4.78 is 0. The number of benzene rings is 1. The number of nitrogens with two attached hydrogens (primary N) is 1. The zero-order valence-electron chi connectivity index (χ0n) is 11.4. The van der Waals surface area contributed by atoms with E-state index in [2.05, 4.69) is 10.3 Å². The molecule has 1 saturated carbocycles. The summed E-state index contributed by atoms with van der Waals surface area (Å²) in [5, 5.41) is 3.08. The van der Waals surface area contributed by atoms with Crippen LogP contribution in [0.25, 0.3) is 0 Å². The van der Waals surface area contributed by atoms with Crippen LogP contribution in [0.3, 0.4) is 0 Å². The summed E-state index contributed by atoms with van der Waals surface area (Å²) >= 11 is 5.63. The molecule has 0 atom stereocenters. The monoisotopic (exact) mass is 293 g/mol. The second-order valence-electron chi connectivity index (χ2n) is 5.06. The maximum absolute atomic E-state index is 12.3. The smallest absolute Gasteiger partial charge is 0.253 e. The normalized spacial score (nSPS) is 16.9. The van der Waals surface area contributed by atoms with E-state index >= 15 is 0 Å². The third-order valence-corrected chi connectivity index (χ3v) is 3.76. The maximum atomic E-state index is 12.3. The Morgan fingerprint density at radius 2 is 2.00 bits per heavy atom. The molecule has 5 heteroatoms. The largest absolute Gasteiger partial charge is 0.386 e. The summed E-state index contributed by atoms with van der Waals surface area (Å²) in [6.07, 6.45) is 5.75. The fourth-order valence-corrected chi connectivity index (χ4v) is 2.52. The molecule has 1 aromatic rings. The molecule has 1 amide bonds. The van der Waals surface area contributed by atoms with Crippen LogP contribution in [0.1, 0.15) is 42.5 Å². The summed E-state index contributed by atoms with van der Waals surface area (Å²) in [4.78, 5) is 16.5. The summed E-state index contributed by atoms with van der Waals surface area (Å²) in [5.41, 5.74) is 6.76. The van der Waals surface area contributed by atoms with Crippen molar-refractivity contribution < 1.29 is 4.79 Å². The van der Waals surface area contributed by atoms with E-state index < -0.39 is 0 Å². The van der Waals surface area contributed by atoms with Gasteiger partial charge < -0.3 is 11.1 Å². The van der Waals surface area contributed by atoms with Crippen molar-refractivity contribution in [3.05, 3.63) is 29.8 Å². The minimum absolute atomic E-state index is 0.0846. The fraction of sp³-hybridized carbons (Fsp3) is 0.467. The average Bonchev–Trinajstić information content (AvgIpc) is 2.48. The molecule has 20 heavy (non-hydrogen) atoms. The number of nitrogens with one attached hydrogen (secondary N) is 1. The van der Waals surface area contributed by atoms with E-state index in [-0.39, 0.29) is 17.8 Å². The molecule has 0 radical (unpaired) electrons. The van der Waals surface area contributed by atoms with Gasteiger partial charge in [0.25, 0.3) is 5.91 Å². The van der Waals surface area contributed by atoms with Crippen LogP contribution in [0, 0.1) is 0 Å². The van der Waals surface area contributed by atoms with E-state index in [0.29, 0.717) is 17.1 Å². The third-order valence-electron chi connectivity index (χ3n) is 3.49. The van der Waals surface area contributed by atoms with E-state index in [9.17, 15) is 4.79 Å². The summed E-state index contributed by atoms with van der Waals surface area (Å²) in [5.74, 6) is 0.377. The van der Waals surface area contributed by atoms with Crippen LogP contribution in [0.2, 0.25) is 0 Å². The lowest BCUT2D eigenvalue weighted by atomic mass is 9.95. The van der Waals surface area contributed by atoms with Crippen molar-refractivity contribution in [3.63, 3.8) is 0 Å². The number of aliphatic imine (C=N–C) groups is 1. The van der Waals surface area contributed by atoms with Crippen molar-refractivity contribution in [3.8, 4) is 0 Å². The number of hydrogen-bond acceptors (Lipinski definition) is 2. The van der Waals surface area contributed by atoms with Crippen LogP contribution in [0.5, 0.6) is 0 Å². The van der Waals surface area contributed by atoms with Crippen molar-refractivity contribution in [2.75, 3.05) is 5.88 Å². The number of para-hydroxylation sites is 1. The van der Waals surface area contributed by atoms with Crippen LogP contribution >= 0.6 is 11.6 Å². The van der Waals surface area contributed by atoms with E-state index in [0.717, 1.165) is 12.8 Å². The topological polar surface area (TPSA) is 67.5 Å². The van der Waals surface area contributed by atoms with Crippen molar-refractivity contribution >= 4 is 29.0 Å². The predicted octanol–water partition coefficient (Wildman–Crippen LogP) is 2.98. The average molecular weight is 294 g/mol. The first kappa shape index (κ1) is 14.9. The molecule has 0 bridgehead atoms. The van der Waals surface area contributed by atoms with Crippen LogP contribution in [-0.2, 0) is 0 Å². The zero-order valence-corrected chi connectivity index (χ0v) is 12.2. The fourth-order valence-electron chi connectivity index (χ4n) is 2.46. The van der Waals surface area contributed by atoms with Crippen LogP contribution in [0.4, 0.5) is 5.69 Å². The molecule has 3 N–H and O–H groups in total. The highest BCUT2D eigenvalue weighted by atomic mass is 35.5. The lowest BCUT2D eigenvalue weighted by Crippen LogP contribution is -2.36. The molecule has 0 aromatic heterocycles. The zero-order chi connectivity index (χ0) is 14.4. The minimum Gasteiger partial charge on any atom is -0.386 e. The van der Waals surface area contributed by atoms with Crippen LogP contribution in [-0.4, -0.2) is 23.7 Å². The Bertz CT molecular complexity index is 496. The number of rotatable bonds is 4. The quantitative estimate of drug-likeness (QED) is 0.509. The van der Waals surface area contributed by atoms with Gasteiger partial charge in [-0.15, -0.1) is 11.6 Å². The second-order valence-corrected chi connectivity index (χ2v) is 5.33. The molecule has 0 heterocycles. The molecule has 1 fully saturated rings. The number of amidine groups is 1. The molecule has 4 nitrogen and oxygen atoms in total. The third kappa shape index (κ3) is 3.97. The molecule has 2 rings (SSSR count). The van der Waals surface area contributed by atoms with Gasteiger partial charge in [0.05, 0.1) is 17.1 Å². The van der Waals surface area contributed by atoms with Crippen molar-refractivity contribution in [2.24, 2.45) is 10.7 Å². The molecule has 0 spiro atoms. The van der Waals surface area contributed by atoms with Gasteiger partial charge in [0.1, 0.15) is 5.84 Å². The molecule has 0 aliphatic heterocycles. The highest BCUT2D eigenvalue weighted by Gasteiger charge is 2.18. The number of alkyl halides is 1. The van der Waals surface area contributed by atoms with Gasteiger partial charge in [0.15, 0.2) is 0 Å². The second kappa shape index (κ2) is 7.29. The Kier molecular flexibility index (Phi) is 5.41. The van der Waals surface area contributed by atoms with Crippen molar-refractivity contribution in [2.45, 2.75) is 38.1 Å². The van der Waals surface area contributed by atoms with Crippen molar-refractivity contribution in [1.82, 2.24) is 5.32 Å². The van der Waals surface area contributed by atoms with E-state index in [4.69, 9.17) is 17.3 Å². The predicted molar refractivity (Wildman–Crippen MR) is 82.8 cm³/mol. The maximum Gasteiger partial charge on any atom is 0.253 e. The van der Waals surface area contributed by atoms with Gasteiger partial charge in [0, 0.05) is 6.04 Å². The highest BCUT2D eigenvalue weighted by Crippen LogP contribution is 2.21. The first-order chi connectivity index (χ1) is 9.70. The number of carbonyl (C=O) groups is 1. The Hall–Kier alpha value is -1.55. The van der Waals surface area contributed by atoms with Gasteiger partial charge in [-0.2, -0.15) is 0 Å². The first-order valence-electron chi connectivity index (χ1n) is 6.99. The van der Waals surface area contributed by atoms with Crippen LogP contribution < -0.4 is 11.1 Å². The number of nitrogens with zero attached hydrogens (tertiary/aromatic N) is 1. The van der Waals surface area contributed by atoms with E-state index in [1.54, 1.807) is 12.1 Å². The van der Waals surface area contributed by atoms with Gasteiger partial charge in [-0.05, 0) is 25.0 Å². The molecule has 0 saturated heterocycles. The summed E-state index contributed by atoms with van der Waals surface area (Å²) in [7, 11) is 0. The minimum atomic E-state index is -0.0846. The SMILES string of the molecule is NC(CCl)=Nc1ccccc1C(=O)NC1CCCCC1. The molecule has 1 aliphatic carbocycles. The summed E-state index contributed by atoms with van der Waals surface area (Å²) in [6.45, 7) is 0. The number of amides is 1. The molecule has 1 aromatic carbocycles. The van der Waals surface area contributed by atoms with Crippen LogP contribution in [0.15, 0.2) is 29.3 Å². The first-order valence-corrected chi connectivity index (χ1v) is 7.53. The van der Waals surface area contributed by atoms with Gasteiger partial charge in [-0.25, -0.2) is 4.99 Å². The molecule has 0 unspecified atom stereocenters. The van der Waals surface area contributed by atoms with Gasteiger partial charge in [0.2, 0.25) is 0 Å². The molecule has 108 valence electrons. The Morgan fingerprint density at radius 1 is 1.30 bits per heavy atom. The number of hydrogen-bond donors (Lipinski definition) is 2. The Balaban J connectivity index is 2.12. The summed E-state index contributed by atoms with van der Waals surface area (Å²) in [6, 6.07) is 7.47. The molecule has 1 aliphatic rings. The highest BCUT2D eigenvalue weighted by molar-refractivity contribution is 6.28. The van der Waals surface area contributed by atoms with Gasteiger partial charge >= 0.3 is 0 Å². The standard InChI is InChI=1S/C15H20ClN3O/c16-10-14(17)19-13-9-5-4-8-12(13)15(20)18-11-6-2-1-3-7-11/h4-5,8-9,11H,1-3,6-7,10H2,(H2,17,19)(H,18,20). The van der Waals surface area contributed by atoms with Gasteiger partial charge in [-0.1, -0.05) is 31.4 Å². The lowest BCUT2D eigenvalue weighted by molar-refractivity contribution is 0.0928. The molecular weight excluding hydrogens is 274 g/mol. The Labute approximate surface area is 124 Å².